The summed E-state index contributed by atoms with van der Waals surface area (Å²) in [6, 6.07) is 15.3. The highest BCUT2D eigenvalue weighted by atomic mass is 32.2. The lowest BCUT2D eigenvalue weighted by Gasteiger charge is -2.22. The molecule has 1 aromatic heterocycles. The largest absolute Gasteiger partial charge is 0.263 e. The molecule has 0 amide bonds. The third-order valence-electron chi connectivity index (χ3n) is 5.76. The van der Waals surface area contributed by atoms with Crippen molar-refractivity contribution in [3.8, 4) is 11.4 Å². The Bertz CT molecular complexity index is 1070. The Balaban J connectivity index is 1.33. The van der Waals surface area contributed by atoms with Crippen LogP contribution in [0.15, 0.2) is 53.4 Å². The number of nitrogens with one attached hydrogen (secondary N) is 2. The summed E-state index contributed by atoms with van der Waals surface area (Å²) >= 11 is 0. The molecule has 0 bridgehead atoms. The van der Waals surface area contributed by atoms with Gasteiger partial charge in [-0.25, -0.2) is 18.1 Å². The molecule has 3 aromatic rings. The van der Waals surface area contributed by atoms with Crippen LogP contribution in [-0.2, 0) is 16.4 Å². The Morgan fingerprint density at radius 3 is 2.40 bits per heavy atom. The van der Waals surface area contributed by atoms with Gasteiger partial charge >= 0.3 is 0 Å². The summed E-state index contributed by atoms with van der Waals surface area (Å²) in [5.74, 6) is 1.84. The summed E-state index contributed by atoms with van der Waals surface area (Å²) in [5.41, 5.74) is 3.36. The number of aryl methyl sites for hydroxylation is 1. The van der Waals surface area contributed by atoms with Crippen LogP contribution in [-0.4, -0.2) is 30.1 Å². The van der Waals surface area contributed by atoms with Crippen LogP contribution in [0, 0.1) is 6.92 Å². The van der Waals surface area contributed by atoms with E-state index in [2.05, 4.69) is 19.9 Å². The number of rotatable bonds is 7. The van der Waals surface area contributed by atoms with Gasteiger partial charge in [0.25, 0.3) is 0 Å². The molecule has 0 saturated heterocycles. The van der Waals surface area contributed by atoms with Crippen molar-refractivity contribution >= 4 is 10.0 Å². The maximum absolute atomic E-state index is 12.6. The maximum atomic E-state index is 12.6. The topological polar surface area (TPSA) is 87.7 Å². The van der Waals surface area contributed by atoms with Crippen molar-refractivity contribution in [3.63, 3.8) is 0 Å². The monoisotopic (exact) mass is 424 g/mol. The Kier molecular flexibility index (Phi) is 6.29. The SMILES string of the molecule is Cc1ccc(-c2n[nH]c(CCNS(=O)(=O)c3ccc(C4CCCCC4)cc3)n2)cc1. The normalized spacial score (nSPS) is 15.4. The lowest BCUT2D eigenvalue weighted by atomic mass is 9.84. The van der Waals surface area contributed by atoms with Crippen molar-refractivity contribution in [2.24, 2.45) is 0 Å². The summed E-state index contributed by atoms with van der Waals surface area (Å²) in [5, 5.41) is 7.12. The summed E-state index contributed by atoms with van der Waals surface area (Å²) in [4.78, 5) is 4.77. The van der Waals surface area contributed by atoms with Crippen molar-refractivity contribution in [2.75, 3.05) is 6.54 Å². The molecule has 1 saturated carbocycles. The quantitative estimate of drug-likeness (QED) is 0.590. The Morgan fingerprint density at radius 2 is 1.70 bits per heavy atom. The molecule has 1 aliphatic rings. The predicted octanol–water partition coefficient (Wildman–Crippen LogP) is 4.35. The molecule has 6 nitrogen and oxygen atoms in total. The molecule has 2 aromatic carbocycles. The Hall–Kier alpha value is -2.51. The van der Waals surface area contributed by atoms with E-state index in [1.807, 2.05) is 43.3 Å². The molecule has 1 fully saturated rings. The molecular weight excluding hydrogens is 396 g/mol. The molecule has 0 aliphatic heterocycles. The summed E-state index contributed by atoms with van der Waals surface area (Å²) in [6.45, 7) is 2.29. The lowest BCUT2D eigenvalue weighted by molar-refractivity contribution is 0.443. The van der Waals surface area contributed by atoms with Gasteiger partial charge in [-0.1, -0.05) is 61.2 Å². The van der Waals surface area contributed by atoms with Crippen molar-refractivity contribution in [1.82, 2.24) is 19.9 Å². The fourth-order valence-corrected chi connectivity index (χ4v) is 5.01. The van der Waals surface area contributed by atoms with Gasteiger partial charge in [-0.05, 0) is 43.4 Å². The van der Waals surface area contributed by atoms with E-state index in [0.717, 1.165) is 5.56 Å². The predicted molar refractivity (Wildman–Crippen MR) is 118 cm³/mol. The molecule has 1 heterocycles. The Labute approximate surface area is 178 Å². The molecular formula is C23H28N4O2S. The number of aromatic amines is 1. The highest BCUT2D eigenvalue weighted by Gasteiger charge is 2.18. The van der Waals surface area contributed by atoms with Crippen LogP contribution < -0.4 is 4.72 Å². The molecule has 4 rings (SSSR count). The van der Waals surface area contributed by atoms with Gasteiger partial charge in [-0.2, -0.15) is 5.10 Å². The number of sulfonamides is 1. The zero-order chi connectivity index (χ0) is 21.0. The van der Waals surface area contributed by atoms with Crippen LogP contribution in [0.25, 0.3) is 11.4 Å². The van der Waals surface area contributed by atoms with E-state index in [4.69, 9.17) is 0 Å². The number of nitrogens with zero attached hydrogens (tertiary/aromatic N) is 2. The molecule has 1 aliphatic carbocycles. The van der Waals surface area contributed by atoms with Crippen molar-refractivity contribution in [3.05, 3.63) is 65.5 Å². The molecule has 0 radical (unpaired) electrons. The standard InChI is InChI=1S/C23H28N4O2S/c1-17-7-9-20(10-8-17)23-25-22(26-27-23)15-16-24-30(28,29)21-13-11-19(12-14-21)18-5-3-2-4-6-18/h7-14,18,24H,2-6,15-16H2,1H3,(H,25,26,27). The van der Waals surface area contributed by atoms with E-state index in [0.29, 0.717) is 28.9 Å². The third kappa shape index (κ3) is 4.96. The van der Waals surface area contributed by atoms with E-state index < -0.39 is 10.0 Å². The minimum atomic E-state index is -3.54. The number of benzene rings is 2. The molecule has 7 heteroatoms. The lowest BCUT2D eigenvalue weighted by Crippen LogP contribution is -2.26. The minimum Gasteiger partial charge on any atom is -0.263 e. The highest BCUT2D eigenvalue weighted by Crippen LogP contribution is 2.32. The average Bonchev–Trinajstić information content (AvgIpc) is 3.24. The van der Waals surface area contributed by atoms with E-state index in [9.17, 15) is 8.42 Å². The van der Waals surface area contributed by atoms with E-state index in [-0.39, 0.29) is 6.54 Å². The average molecular weight is 425 g/mol. The second-order valence-electron chi connectivity index (χ2n) is 8.02. The first kappa shape index (κ1) is 20.8. The van der Waals surface area contributed by atoms with Gasteiger partial charge in [-0.15, -0.1) is 0 Å². The fraction of sp³-hybridized carbons (Fsp3) is 0.391. The van der Waals surface area contributed by atoms with Gasteiger partial charge in [0, 0.05) is 18.5 Å². The van der Waals surface area contributed by atoms with Crippen molar-refractivity contribution < 1.29 is 8.42 Å². The van der Waals surface area contributed by atoms with E-state index in [1.54, 1.807) is 12.1 Å². The Morgan fingerprint density at radius 1 is 1.00 bits per heavy atom. The molecule has 0 unspecified atom stereocenters. The van der Waals surface area contributed by atoms with Crippen LogP contribution >= 0.6 is 0 Å². The van der Waals surface area contributed by atoms with Gasteiger partial charge in [0.05, 0.1) is 4.90 Å². The minimum absolute atomic E-state index is 0.259. The second-order valence-corrected chi connectivity index (χ2v) is 9.79. The number of H-pyrrole nitrogens is 1. The molecule has 2 N–H and O–H groups in total. The number of aromatic nitrogens is 3. The summed E-state index contributed by atoms with van der Waals surface area (Å²) in [7, 11) is -3.54. The number of hydrogen-bond acceptors (Lipinski definition) is 4. The second kappa shape index (κ2) is 9.10. The van der Waals surface area contributed by atoms with Crippen LogP contribution in [0.1, 0.15) is 55.0 Å². The van der Waals surface area contributed by atoms with Gasteiger partial charge < -0.3 is 0 Å². The van der Waals surface area contributed by atoms with Gasteiger partial charge in [0.1, 0.15) is 5.82 Å². The first-order chi connectivity index (χ1) is 14.5. The van der Waals surface area contributed by atoms with Gasteiger partial charge in [-0.3, -0.25) is 5.10 Å². The number of hydrogen-bond donors (Lipinski definition) is 2. The highest BCUT2D eigenvalue weighted by molar-refractivity contribution is 7.89. The smallest absolute Gasteiger partial charge is 0.240 e. The maximum Gasteiger partial charge on any atom is 0.240 e. The summed E-state index contributed by atoms with van der Waals surface area (Å²) in [6.07, 6.45) is 6.68. The van der Waals surface area contributed by atoms with Crippen LogP contribution in [0.4, 0.5) is 0 Å². The molecule has 0 spiro atoms. The van der Waals surface area contributed by atoms with Gasteiger partial charge in [0.2, 0.25) is 10.0 Å². The zero-order valence-corrected chi connectivity index (χ0v) is 18.1. The molecule has 158 valence electrons. The van der Waals surface area contributed by atoms with Crippen LogP contribution in [0.2, 0.25) is 0 Å². The van der Waals surface area contributed by atoms with Crippen molar-refractivity contribution in [2.45, 2.75) is 56.3 Å². The van der Waals surface area contributed by atoms with Crippen molar-refractivity contribution in [1.29, 1.82) is 0 Å². The molecule has 30 heavy (non-hydrogen) atoms. The van der Waals surface area contributed by atoms with Crippen LogP contribution in [0.3, 0.4) is 0 Å². The zero-order valence-electron chi connectivity index (χ0n) is 17.3. The van der Waals surface area contributed by atoms with E-state index in [1.165, 1.54) is 43.2 Å². The van der Waals surface area contributed by atoms with E-state index >= 15 is 0 Å². The first-order valence-corrected chi connectivity index (χ1v) is 12.1. The third-order valence-corrected chi connectivity index (χ3v) is 7.24. The fourth-order valence-electron chi connectivity index (χ4n) is 3.98. The first-order valence-electron chi connectivity index (χ1n) is 10.6. The summed E-state index contributed by atoms with van der Waals surface area (Å²) < 4.78 is 27.9. The van der Waals surface area contributed by atoms with Crippen LogP contribution in [0.5, 0.6) is 0 Å². The van der Waals surface area contributed by atoms with Gasteiger partial charge in [0.15, 0.2) is 5.82 Å². The molecule has 0 atom stereocenters.